The third kappa shape index (κ3) is 2.41. The number of aldehydes is 1. The second-order valence-corrected chi connectivity index (χ2v) is 2.98. The molecule has 1 rings (SSSR count). The number of methoxy groups -OCH3 is 1. The smallest absolute Gasteiger partial charge is 0.253 e. The van der Waals surface area contributed by atoms with E-state index in [2.05, 4.69) is 5.32 Å². The molecule has 0 saturated heterocycles. The quantitative estimate of drug-likeness (QED) is 0.747. The van der Waals surface area contributed by atoms with Gasteiger partial charge in [-0.15, -0.1) is 0 Å². The zero-order valence-corrected chi connectivity index (χ0v) is 8.69. The summed E-state index contributed by atoms with van der Waals surface area (Å²) in [5.41, 5.74) is 1.04. The summed E-state index contributed by atoms with van der Waals surface area (Å²) in [4.78, 5) is 22.2. The molecule has 1 aromatic carbocycles. The van der Waals surface area contributed by atoms with E-state index in [1.807, 2.05) is 0 Å². The molecule has 0 bridgehead atoms. The second-order valence-electron chi connectivity index (χ2n) is 2.98. The average molecular weight is 207 g/mol. The molecular formula is C11H13NO3. The SMILES string of the molecule is CNC(=O)C(OC)c1ccccc1C=O. The van der Waals surface area contributed by atoms with Crippen LogP contribution in [0.25, 0.3) is 0 Å². The molecule has 0 radical (unpaired) electrons. The highest BCUT2D eigenvalue weighted by molar-refractivity contribution is 5.86. The van der Waals surface area contributed by atoms with Gasteiger partial charge in [-0.25, -0.2) is 0 Å². The van der Waals surface area contributed by atoms with Crippen molar-refractivity contribution in [3.05, 3.63) is 35.4 Å². The van der Waals surface area contributed by atoms with E-state index < -0.39 is 6.10 Å². The molecule has 0 spiro atoms. The number of benzene rings is 1. The van der Waals surface area contributed by atoms with E-state index in [0.29, 0.717) is 17.4 Å². The van der Waals surface area contributed by atoms with Crippen LogP contribution in [-0.2, 0) is 9.53 Å². The number of hydrogen-bond acceptors (Lipinski definition) is 3. The summed E-state index contributed by atoms with van der Waals surface area (Å²) < 4.78 is 5.06. The Balaban J connectivity index is 3.11. The predicted molar refractivity (Wildman–Crippen MR) is 55.6 cm³/mol. The molecular weight excluding hydrogens is 194 g/mol. The molecule has 4 heteroatoms. The van der Waals surface area contributed by atoms with Gasteiger partial charge in [0.05, 0.1) is 0 Å². The minimum Gasteiger partial charge on any atom is -0.367 e. The minimum absolute atomic E-state index is 0.271. The van der Waals surface area contributed by atoms with Gasteiger partial charge in [0, 0.05) is 25.3 Å². The Hall–Kier alpha value is -1.68. The van der Waals surface area contributed by atoms with Crippen LogP contribution in [0.1, 0.15) is 22.0 Å². The molecule has 1 unspecified atom stereocenters. The molecule has 15 heavy (non-hydrogen) atoms. The fourth-order valence-electron chi connectivity index (χ4n) is 1.36. The van der Waals surface area contributed by atoms with Crippen molar-refractivity contribution in [1.29, 1.82) is 0 Å². The van der Waals surface area contributed by atoms with Gasteiger partial charge in [-0.3, -0.25) is 9.59 Å². The van der Waals surface area contributed by atoms with Gasteiger partial charge in [0.1, 0.15) is 6.29 Å². The molecule has 1 amide bonds. The number of nitrogens with one attached hydrogen (secondary N) is 1. The summed E-state index contributed by atoms with van der Waals surface area (Å²) in [6.07, 6.45) is -0.0269. The van der Waals surface area contributed by atoms with Crippen molar-refractivity contribution in [2.45, 2.75) is 6.10 Å². The summed E-state index contributed by atoms with van der Waals surface area (Å²) >= 11 is 0. The summed E-state index contributed by atoms with van der Waals surface area (Å²) in [5.74, 6) is -0.271. The fraction of sp³-hybridized carbons (Fsp3) is 0.273. The zero-order chi connectivity index (χ0) is 11.3. The third-order valence-electron chi connectivity index (χ3n) is 2.13. The second kappa shape index (κ2) is 5.26. The van der Waals surface area contributed by atoms with E-state index in [-0.39, 0.29) is 5.91 Å². The van der Waals surface area contributed by atoms with E-state index in [1.54, 1.807) is 24.3 Å². The van der Waals surface area contributed by atoms with E-state index >= 15 is 0 Å². The normalized spacial score (nSPS) is 11.9. The van der Waals surface area contributed by atoms with E-state index in [9.17, 15) is 9.59 Å². The van der Waals surface area contributed by atoms with Crippen LogP contribution in [0.15, 0.2) is 24.3 Å². The van der Waals surface area contributed by atoms with Crippen molar-refractivity contribution in [2.24, 2.45) is 0 Å². The molecule has 1 aromatic rings. The van der Waals surface area contributed by atoms with Crippen molar-refractivity contribution < 1.29 is 14.3 Å². The van der Waals surface area contributed by atoms with Crippen LogP contribution < -0.4 is 5.32 Å². The maximum atomic E-state index is 11.5. The number of likely N-dealkylation sites (N-methyl/N-ethyl adjacent to an activating group) is 1. The van der Waals surface area contributed by atoms with Gasteiger partial charge in [-0.1, -0.05) is 24.3 Å². The Labute approximate surface area is 88.2 Å². The summed E-state index contributed by atoms with van der Waals surface area (Å²) in [6, 6.07) is 6.85. The van der Waals surface area contributed by atoms with E-state index in [1.165, 1.54) is 14.2 Å². The van der Waals surface area contributed by atoms with Gasteiger partial charge in [0.2, 0.25) is 0 Å². The van der Waals surface area contributed by atoms with Gasteiger partial charge < -0.3 is 10.1 Å². The summed E-state index contributed by atoms with van der Waals surface area (Å²) in [7, 11) is 2.96. The molecule has 1 atom stereocenters. The Morgan fingerprint density at radius 1 is 1.47 bits per heavy atom. The van der Waals surface area contributed by atoms with E-state index in [4.69, 9.17) is 4.74 Å². The first-order valence-electron chi connectivity index (χ1n) is 4.53. The molecule has 0 heterocycles. The van der Waals surface area contributed by atoms with Gasteiger partial charge in [0.25, 0.3) is 5.91 Å². The molecule has 0 fully saturated rings. The van der Waals surface area contributed by atoms with Crippen LogP contribution in [0.4, 0.5) is 0 Å². The van der Waals surface area contributed by atoms with Gasteiger partial charge in [-0.2, -0.15) is 0 Å². The molecule has 0 aliphatic heterocycles. The average Bonchev–Trinajstić information content (AvgIpc) is 2.30. The summed E-state index contributed by atoms with van der Waals surface area (Å²) in [6.45, 7) is 0. The maximum absolute atomic E-state index is 11.5. The van der Waals surface area contributed by atoms with Crippen LogP contribution in [0.5, 0.6) is 0 Å². The van der Waals surface area contributed by atoms with Crippen molar-refractivity contribution in [3.63, 3.8) is 0 Å². The Morgan fingerprint density at radius 3 is 2.67 bits per heavy atom. The fourth-order valence-corrected chi connectivity index (χ4v) is 1.36. The highest BCUT2D eigenvalue weighted by Crippen LogP contribution is 2.19. The Bertz CT molecular complexity index is 363. The van der Waals surface area contributed by atoms with Crippen LogP contribution in [0.2, 0.25) is 0 Å². The van der Waals surface area contributed by atoms with Gasteiger partial charge in [0.15, 0.2) is 6.10 Å². The molecule has 4 nitrogen and oxygen atoms in total. The lowest BCUT2D eigenvalue weighted by molar-refractivity contribution is -0.130. The van der Waals surface area contributed by atoms with Crippen molar-refractivity contribution >= 4 is 12.2 Å². The third-order valence-corrected chi connectivity index (χ3v) is 2.13. The molecule has 0 saturated carbocycles. The maximum Gasteiger partial charge on any atom is 0.253 e. The minimum atomic E-state index is -0.739. The largest absolute Gasteiger partial charge is 0.367 e. The lowest BCUT2D eigenvalue weighted by atomic mass is 10.0. The first kappa shape index (κ1) is 11.4. The monoisotopic (exact) mass is 207 g/mol. The molecule has 0 aliphatic rings. The van der Waals surface area contributed by atoms with Crippen molar-refractivity contribution in [3.8, 4) is 0 Å². The van der Waals surface area contributed by atoms with Gasteiger partial charge >= 0.3 is 0 Å². The predicted octanol–water partition coefficient (Wildman–Crippen LogP) is 0.933. The summed E-state index contributed by atoms with van der Waals surface area (Å²) in [5, 5.41) is 2.49. The standard InChI is InChI=1S/C11H13NO3/c1-12-11(14)10(15-2)9-6-4-3-5-8(9)7-13/h3-7,10H,1-2H3,(H,12,14). The lowest BCUT2D eigenvalue weighted by Crippen LogP contribution is -2.27. The number of rotatable bonds is 4. The first-order chi connectivity index (χ1) is 7.24. The zero-order valence-electron chi connectivity index (χ0n) is 8.69. The molecule has 80 valence electrons. The molecule has 1 N–H and O–H groups in total. The number of hydrogen-bond donors (Lipinski definition) is 1. The Morgan fingerprint density at radius 2 is 2.13 bits per heavy atom. The molecule has 0 aliphatic carbocycles. The number of carbonyl (C=O) groups excluding carboxylic acids is 2. The highest BCUT2D eigenvalue weighted by Gasteiger charge is 2.20. The van der Waals surface area contributed by atoms with Crippen LogP contribution in [-0.4, -0.2) is 26.4 Å². The molecule has 0 aromatic heterocycles. The first-order valence-corrected chi connectivity index (χ1v) is 4.53. The topological polar surface area (TPSA) is 55.4 Å². The van der Waals surface area contributed by atoms with Crippen molar-refractivity contribution in [1.82, 2.24) is 5.32 Å². The lowest BCUT2D eigenvalue weighted by Gasteiger charge is -2.15. The number of ether oxygens (including phenoxy) is 1. The number of amides is 1. The van der Waals surface area contributed by atoms with Crippen LogP contribution in [0.3, 0.4) is 0 Å². The highest BCUT2D eigenvalue weighted by atomic mass is 16.5. The van der Waals surface area contributed by atoms with E-state index in [0.717, 1.165) is 0 Å². The van der Waals surface area contributed by atoms with Crippen LogP contribution >= 0.6 is 0 Å². The van der Waals surface area contributed by atoms with Crippen molar-refractivity contribution in [2.75, 3.05) is 14.2 Å². The van der Waals surface area contributed by atoms with Gasteiger partial charge in [-0.05, 0) is 0 Å². The number of carbonyl (C=O) groups is 2. The van der Waals surface area contributed by atoms with Crippen LogP contribution in [0, 0.1) is 0 Å². The Kier molecular flexibility index (Phi) is 4.00.